The van der Waals surface area contributed by atoms with Crippen molar-refractivity contribution in [1.29, 1.82) is 0 Å². The second kappa shape index (κ2) is 8.95. The number of nitrogens with zero attached hydrogens (tertiary/aromatic N) is 2. The highest BCUT2D eigenvalue weighted by Crippen LogP contribution is 2.28. The van der Waals surface area contributed by atoms with Crippen molar-refractivity contribution < 1.29 is 14.0 Å². The SMILES string of the molecule is O=C(C1CCCC1)N(Cc1cccc(Cl)c1)C[C@@H]1CC(c2cccc(F)c2)=NO1. The van der Waals surface area contributed by atoms with E-state index >= 15 is 0 Å². The van der Waals surface area contributed by atoms with Gasteiger partial charge in [-0.15, -0.1) is 0 Å². The standard InChI is InChI=1S/C23H24ClFN2O2/c24-19-9-3-5-16(11-19)14-27(23(28)17-6-1-2-7-17)15-21-13-22(26-29-21)18-8-4-10-20(25)12-18/h3-5,8-12,17,21H,1-2,6-7,13-15H2/t21-/m0/s1. The number of rotatable bonds is 6. The van der Waals surface area contributed by atoms with Crippen LogP contribution in [-0.2, 0) is 16.2 Å². The van der Waals surface area contributed by atoms with Crippen LogP contribution < -0.4 is 0 Å². The predicted molar refractivity (Wildman–Crippen MR) is 111 cm³/mol. The highest BCUT2D eigenvalue weighted by atomic mass is 35.5. The van der Waals surface area contributed by atoms with Gasteiger partial charge in [-0.25, -0.2) is 4.39 Å². The molecule has 0 aromatic heterocycles. The summed E-state index contributed by atoms with van der Waals surface area (Å²) >= 11 is 6.13. The molecule has 1 atom stereocenters. The number of hydrogen-bond donors (Lipinski definition) is 0. The van der Waals surface area contributed by atoms with E-state index in [2.05, 4.69) is 5.16 Å². The Labute approximate surface area is 175 Å². The lowest BCUT2D eigenvalue weighted by Gasteiger charge is -2.27. The van der Waals surface area contributed by atoms with Gasteiger partial charge in [0.2, 0.25) is 5.91 Å². The van der Waals surface area contributed by atoms with E-state index in [1.807, 2.05) is 35.2 Å². The van der Waals surface area contributed by atoms with Gasteiger partial charge in [0, 0.05) is 29.5 Å². The van der Waals surface area contributed by atoms with Crippen molar-refractivity contribution in [2.24, 2.45) is 11.1 Å². The Hall–Kier alpha value is -2.40. The zero-order chi connectivity index (χ0) is 20.2. The van der Waals surface area contributed by atoms with Crippen LogP contribution in [0.2, 0.25) is 5.02 Å². The van der Waals surface area contributed by atoms with Crippen molar-refractivity contribution >= 4 is 23.2 Å². The highest BCUT2D eigenvalue weighted by Gasteiger charge is 2.31. The Kier molecular flexibility index (Phi) is 6.14. The lowest BCUT2D eigenvalue weighted by molar-refractivity contribution is -0.137. The lowest BCUT2D eigenvalue weighted by atomic mass is 10.0. The minimum Gasteiger partial charge on any atom is -0.390 e. The van der Waals surface area contributed by atoms with Gasteiger partial charge in [-0.3, -0.25) is 4.79 Å². The van der Waals surface area contributed by atoms with Gasteiger partial charge in [0.15, 0.2) is 6.10 Å². The first kappa shape index (κ1) is 19.9. The third-order valence-electron chi connectivity index (χ3n) is 5.59. The Bertz CT molecular complexity index is 911. The molecule has 1 saturated carbocycles. The van der Waals surface area contributed by atoms with Crippen LogP contribution >= 0.6 is 11.6 Å². The third kappa shape index (κ3) is 4.96. The van der Waals surface area contributed by atoms with E-state index in [1.54, 1.807) is 6.07 Å². The zero-order valence-electron chi connectivity index (χ0n) is 16.2. The van der Waals surface area contributed by atoms with E-state index in [9.17, 15) is 9.18 Å². The van der Waals surface area contributed by atoms with Crippen LogP contribution in [0.15, 0.2) is 53.7 Å². The first-order valence-corrected chi connectivity index (χ1v) is 10.5. The minimum atomic E-state index is -0.298. The highest BCUT2D eigenvalue weighted by molar-refractivity contribution is 6.30. The van der Waals surface area contributed by atoms with Gasteiger partial charge in [-0.1, -0.05) is 53.9 Å². The summed E-state index contributed by atoms with van der Waals surface area (Å²) in [4.78, 5) is 20.7. The summed E-state index contributed by atoms with van der Waals surface area (Å²) in [5.74, 6) is -0.0443. The number of oxime groups is 1. The number of carbonyl (C=O) groups is 1. The maximum atomic E-state index is 13.5. The number of amides is 1. The minimum absolute atomic E-state index is 0.0826. The van der Waals surface area contributed by atoms with E-state index in [0.717, 1.165) is 36.8 Å². The van der Waals surface area contributed by atoms with Crippen molar-refractivity contribution in [2.45, 2.75) is 44.8 Å². The second-order valence-electron chi connectivity index (χ2n) is 7.81. The molecule has 0 radical (unpaired) electrons. The quantitative estimate of drug-likeness (QED) is 0.652. The Balaban J connectivity index is 1.46. The van der Waals surface area contributed by atoms with Gasteiger partial charge in [-0.05, 0) is 42.7 Å². The Morgan fingerprint density at radius 2 is 1.97 bits per heavy atom. The molecule has 0 saturated heterocycles. The molecule has 152 valence electrons. The van der Waals surface area contributed by atoms with Gasteiger partial charge in [0.25, 0.3) is 0 Å². The van der Waals surface area contributed by atoms with Crippen LogP contribution in [0.25, 0.3) is 0 Å². The summed E-state index contributed by atoms with van der Waals surface area (Å²) in [6, 6.07) is 13.9. The van der Waals surface area contributed by atoms with Gasteiger partial charge >= 0.3 is 0 Å². The molecule has 2 aliphatic rings. The summed E-state index contributed by atoms with van der Waals surface area (Å²) in [6.45, 7) is 0.940. The van der Waals surface area contributed by atoms with Crippen molar-refractivity contribution in [3.05, 3.63) is 70.5 Å². The molecule has 2 aromatic carbocycles. The fourth-order valence-electron chi connectivity index (χ4n) is 4.13. The smallest absolute Gasteiger partial charge is 0.226 e. The molecule has 1 heterocycles. The summed E-state index contributed by atoms with van der Waals surface area (Å²) < 4.78 is 13.5. The molecule has 1 aliphatic carbocycles. The molecule has 4 nitrogen and oxygen atoms in total. The monoisotopic (exact) mass is 414 g/mol. The average molecular weight is 415 g/mol. The molecule has 1 aliphatic heterocycles. The average Bonchev–Trinajstić information content (AvgIpc) is 3.39. The normalized spacial score (nSPS) is 19.1. The van der Waals surface area contributed by atoms with Crippen molar-refractivity contribution in [3.63, 3.8) is 0 Å². The van der Waals surface area contributed by atoms with E-state index in [-0.39, 0.29) is 23.7 Å². The second-order valence-corrected chi connectivity index (χ2v) is 8.25. The molecule has 29 heavy (non-hydrogen) atoms. The topological polar surface area (TPSA) is 41.9 Å². The molecule has 4 rings (SSSR count). The number of carbonyl (C=O) groups excluding carboxylic acids is 1. The number of hydrogen-bond acceptors (Lipinski definition) is 3. The van der Waals surface area contributed by atoms with Crippen LogP contribution in [0, 0.1) is 11.7 Å². The van der Waals surface area contributed by atoms with Gasteiger partial charge in [0.05, 0.1) is 12.3 Å². The summed E-state index contributed by atoms with van der Waals surface area (Å²) in [6.07, 6.45) is 4.41. The van der Waals surface area contributed by atoms with E-state index in [0.29, 0.717) is 30.2 Å². The van der Waals surface area contributed by atoms with E-state index < -0.39 is 0 Å². The Morgan fingerprint density at radius 1 is 1.17 bits per heavy atom. The molecule has 0 bridgehead atoms. The molecule has 0 spiro atoms. The number of benzene rings is 2. The van der Waals surface area contributed by atoms with Crippen LogP contribution in [0.3, 0.4) is 0 Å². The maximum Gasteiger partial charge on any atom is 0.226 e. The molecule has 0 unspecified atom stereocenters. The number of halogens is 2. The predicted octanol–water partition coefficient (Wildman–Crippen LogP) is 5.19. The summed E-state index contributed by atoms with van der Waals surface area (Å²) in [5, 5.41) is 4.81. The third-order valence-corrected chi connectivity index (χ3v) is 5.83. The molecule has 6 heteroatoms. The maximum absolute atomic E-state index is 13.5. The Morgan fingerprint density at radius 3 is 2.72 bits per heavy atom. The largest absolute Gasteiger partial charge is 0.390 e. The van der Waals surface area contributed by atoms with Gasteiger partial charge in [0.1, 0.15) is 5.82 Å². The van der Waals surface area contributed by atoms with E-state index in [4.69, 9.17) is 16.4 Å². The molecule has 2 aromatic rings. The van der Waals surface area contributed by atoms with Crippen molar-refractivity contribution in [2.75, 3.05) is 6.54 Å². The summed E-state index contributed by atoms with van der Waals surface area (Å²) in [5.41, 5.74) is 2.43. The van der Waals surface area contributed by atoms with Crippen molar-refractivity contribution in [3.8, 4) is 0 Å². The molecule has 1 amide bonds. The van der Waals surface area contributed by atoms with Crippen LogP contribution in [0.4, 0.5) is 4.39 Å². The van der Waals surface area contributed by atoms with E-state index in [1.165, 1.54) is 12.1 Å². The molecular weight excluding hydrogens is 391 g/mol. The van der Waals surface area contributed by atoms with Gasteiger partial charge in [-0.2, -0.15) is 0 Å². The van der Waals surface area contributed by atoms with Gasteiger partial charge < -0.3 is 9.74 Å². The molecule has 1 fully saturated rings. The summed E-state index contributed by atoms with van der Waals surface area (Å²) in [7, 11) is 0. The van der Waals surface area contributed by atoms with Crippen LogP contribution in [0.5, 0.6) is 0 Å². The zero-order valence-corrected chi connectivity index (χ0v) is 16.9. The molecular formula is C23H24ClFN2O2. The van der Waals surface area contributed by atoms with Crippen molar-refractivity contribution in [1.82, 2.24) is 4.90 Å². The van der Waals surface area contributed by atoms with Crippen LogP contribution in [0.1, 0.15) is 43.2 Å². The molecule has 0 N–H and O–H groups in total. The first-order chi connectivity index (χ1) is 14.1. The first-order valence-electron chi connectivity index (χ1n) is 10.1. The van der Waals surface area contributed by atoms with Crippen LogP contribution in [-0.4, -0.2) is 29.2 Å². The fourth-order valence-corrected chi connectivity index (χ4v) is 4.34. The fraction of sp³-hybridized carbons (Fsp3) is 0.391. The lowest BCUT2D eigenvalue weighted by Crippen LogP contribution is -2.40.